The Morgan fingerprint density at radius 3 is 2.49 bits per heavy atom. The van der Waals surface area contributed by atoms with Gasteiger partial charge in [0.2, 0.25) is 0 Å². The van der Waals surface area contributed by atoms with Crippen LogP contribution in [0.2, 0.25) is 0 Å². The lowest BCUT2D eigenvalue weighted by Crippen LogP contribution is -2.39. The van der Waals surface area contributed by atoms with Crippen molar-refractivity contribution in [2.24, 2.45) is 7.05 Å². The van der Waals surface area contributed by atoms with Crippen molar-refractivity contribution >= 4 is 22.7 Å². The summed E-state index contributed by atoms with van der Waals surface area (Å²) in [6.07, 6.45) is 3.21. The van der Waals surface area contributed by atoms with Crippen molar-refractivity contribution in [3.8, 4) is 5.75 Å². The summed E-state index contributed by atoms with van der Waals surface area (Å²) in [6, 6.07) is 7.44. The highest BCUT2D eigenvalue weighted by molar-refractivity contribution is 5.79. The molecule has 3 aromatic rings. The summed E-state index contributed by atoms with van der Waals surface area (Å²) in [5.74, 6) is 0.980. The van der Waals surface area contributed by atoms with Gasteiger partial charge >= 0.3 is 5.97 Å². The molecule has 9 heteroatoms. The molecule has 0 aliphatic carbocycles. The normalized spacial score (nSPS) is 11.6. The molecule has 0 bridgehead atoms. The fourth-order valence-corrected chi connectivity index (χ4v) is 4.02. The summed E-state index contributed by atoms with van der Waals surface area (Å²) in [6.45, 7) is 10.8. The maximum atomic E-state index is 13.2. The second kappa shape index (κ2) is 11.4. The lowest BCUT2D eigenvalue weighted by Gasteiger charge is -2.24. The van der Waals surface area contributed by atoms with Crippen LogP contribution in [-0.2, 0) is 36.0 Å². The molecule has 0 aliphatic heterocycles. The maximum absolute atomic E-state index is 13.2. The number of esters is 1. The SMILES string of the molecule is CCCc1nn(C)c2c(=O)n(CCCNc3ccc(OC(C)(C)C(=O)OCC)cc3)c(CC)nc12. The van der Waals surface area contributed by atoms with Gasteiger partial charge in [-0.2, -0.15) is 5.10 Å². The molecule has 1 N–H and O–H groups in total. The number of anilines is 1. The van der Waals surface area contributed by atoms with E-state index in [0.717, 1.165) is 42.0 Å². The fourth-order valence-electron chi connectivity index (χ4n) is 4.02. The number of fused-ring (bicyclic) bond motifs is 1. The number of nitrogens with zero attached hydrogens (tertiary/aromatic N) is 4. The molecular weight excluding hydrogens is 446 g/mol. The lowest BCUT2D eigenvalue weighted by atomic mass is 10.1. The molecule has 9 nitrogen and oxygen atoms in total. The van der Waals surface area contributed by atoms with Crippen LogP contribution in [0, 0.1) is 0 Å². The predicted octanol–water partition coefficient (Wildman–Crippen LogP) is 3.87. The van der Waals surface area contributed by atoms with Gasteiger partial charge < -0.3 is 14.8 Å². The second-order valence-corrected chi connectivity index (χ2v) is 8.99. The summed E-state index contributed by atoms with van der Waals surface area (Å²) in [5.41, 5.74) is 2.03. The van der Waals surface area contributed by atoms with Gasteiger partial charge in [-0.1, -0.05) is 20.3 Å². The minimum absolute atomic E-state index is 0.0325. The van der Waals surface area contributed by atoms with E-state index in [0.29, 0.717) is 37.4 Å². The van der Waals surface area contributed by atoms with Crippen molar-refractivity contribution in [1.29, 1.82) is 0 Å². The number of ether oxygens (including phenoxy) is 2. The van der Waals surface area contributed by atoms with E-state index < -0.39 is 11.6 Å². The van der Waals surface area contributed by atoms with Crippen molar-refractivity contribution < 1.29 is 14.3 Å². The maximum Gasteiger partial charge on any atom is 0.349 e. The molecule has 0 atom stereocenters. The van der Waals surface area contributed by atoms with Crippen molar-refractivity contribution in [3.63, 3.8) is 0 Å². The van der Waals surface area contributed by atoms with E-state index in [1.807, 2.05) is 38.2 Å². The number of aromatic nitrogens is 4. The predicted molar refractivity (Wildman–Crippen MR) is 137 cm³/mol. The molecule has 0 saturated carbocycles. The van der Waals surface area contributed by atoms with Crippen LogP contribution in [0.5, 0.6) is 5.75 Å². The molecule has 0 unspecified atom stereocenters. The Labute approximate surface area is 206 Å². The minimum atomic E-state index is -1.06. The zero-order valence-corrected chi connectivity index (χ0v) is 21.7. The molecule has 1 aromatic carbocycles. The van der Waals surface area contributed by atoms with E-state index in [9.17, 15) is 9.59 Å². The van der Waals surface area contributed by atoms with Crippen LogP contribution in [0.3, 0.4) is 0 Å². The summed E-state index contributed by atoms with van der Waals surface area (Å²) in [5, 5.41) is 7.91. The topological polar surface area (TPSA) is 100 Å². The quantitative estimate of drug-likeness (QED) is 0.308. The van der Waals surface area contributed by atoms with E-state index in [1.165, 1.54) is 0 Å². The number of nitrogens with one attached hydrogen (secondary N) is 1. The molecule has 2 heterocycles. The van der Waals surface area contributed by atoms with E-state index in [-0.39, 0.29) is 5.56 Å². The number of carbonyl (C=O) groups is 1. The molecule has 0 radical (unpaired) electrons. The summed E-state index contributed by atoms with van der Waals surface area (Å²) >= 11 is 0. The van der Waals surface area contributed by atoms with E-state index in [2.05, 4.69) is 17.3 Å². The van der Waals surface area contributed by atoms with Crippen LogP contribution in [0.1, 0.15) is 59.0 Å². The Balaban J connectivity index is 1.62. The molecule has 0 fully saturated rings. The Kier molecular flexibility index (Phi) is 8.53. The van der Waals surface area contributed by atoms with Gasteiger partial charge in [-0.3, -0.25) is 14.0 Å². The molecule has 35 heavy (non-hydrogen) atoms. The fraction of sp³-hybridized carbons (Fsp3) is 0.538. The number of hydrogen-bond acceptors (Lipinski definition) is 7. The Bertz CT molecular complexity index is 1210. The zero-order valence-electron chi connectivity index (χ0n) is 21.7. The van der Waals surface area contributed by atoms with Crippen LogP contribution < -0.4 is 15.6 Å². The van der Waals surface area contributed by atoms with Gasteiger partial charge in [-0.05, 0) is 57.9 Å². The summed E-state index contributed by atoms with van der Waals surface area (Å²) < 4.78 is 14.3. The summed E-state index contributed by atoms with van der Waals surface area (Å²) in [7, 11) is 1.81. The molecular formula is C26H37N5O4. The van der Waals surface area contributed by atoms with Crippen LogP contribution in [-0.4, -0.2) is 44.1 Å². The Hall–Kier alpha value is -3.36. The van der Waals surface area contributed by atoms with Gasteiger partial charge in [0.25, 0.3) is 5.56 Å². The highest BCUT2D eigenvalue weighted by Gasteiger charge is 2.31. The highest BCUT2D eigenvalue weighted by Crippen LogP contribution is 2.22. The molecule has 0 spiro atoms. The van der Waals surface area contributed by atoms with Gasteiger partial charge in [-0.25, -0.2) is 9.78 Å². The number of carbonyl (C=O) groups excluding carboxylic acids is 1. The Morgan fingerprint density at radius 1 is 1.14 bits per heavy atom. The Morgan fingerprint density at radius 2 is 1.86 bits per heavy atom. The van der Waals surface area contributed by atoms with Gasteiger partial charge in [-0.15, -0.1) is 0 Å². The standard InChI is InChI=1S/C26H37N5O4/c1-7-11-20-22-23(30(6)29-20)24(32)31(21(8-2)28-22)17-10-16-27-18-12-14-19(15-13-18)35-26(4,5)25(33)34-9-3/h12-15,27H,7-11,16-17H2,1-6H3. The van der Waals surface area contributed by atoms with Crippen LogP contribution in [0.25, 0.3) is 11.0 Å². The number of rotatable bonds is 12. The largest absolute Gasteiger partial charge is 0.476 e. The number of aryl methyl sites for hydroxylation is 3. The van der Waals surface area contributed by atoms with Crippen LogP contribution in [0.4, 0.5) is 5.69 Å². The van der Waals surface area contributed by atoms with E-state index >= 15 is 0 Å². The van der Waals surface area contributed by atoms with Crippen molar-refractivity contribution in [2.45, 2.75) is 72.4 Å². The third-order valence-corrected chi connectivity index (χ3v) is 5.78. The van der Waals surface area contributed by atoms with Crippen molar-refractivity contribution in [1.82, 2.24) is 19.3 Å². The summed E-state index contributed by atoms with van der Waals surface area (Å²) in [4.78, 5) is 30.1. The molecule has 2 aromatic heterocycles. The first kappa shape index (κ1) is 26.2. The molecule has 0 aliphatic rings. The first-order chi connectivity index (χ1) is 16.7. The van der Waals surface area contributed by atoms with Crippen LogP contribution in [0.15, 0.2) is 29.1 Å². The number of benzene rings is 1. The van der Waals surface area contributed by atoms with Gasteiger partial charge in [0.1, 0.15) is 17.1 Å². The molecule has 0 saturated heterocycles. The van der Waals surface area contributed by atoms with E-state index in [4.69, 9.17) is 14.5 Å². The smallest absolute Gasteiger partial charge is 0.349 e. The highest BCUT2D eigenvalue weighted by atomic mass is 16.6. The van der Waals surface area contributed by atoms with Gasteiger partial charge in [0.05, 0.1) is 12.3 Å². The van der Waals surface area contributed by atoms with Gasteiger partial charge in [0, 0.05) is 32.2 Å². The lowest BCUT2D eigenvalue weighted by molar-refractivity contribution is -0.158. The third kappa shape index (κ3) is 6.01. The van der Waals surface area contributed by atoms with E-state index in [1.54, 1.807) is 30.0 Å². The van der Waals surface area contributed by atoms with Crippen LogP contribution >= 0.6 is 0 Å². The second-order valence-electron chi connectivity index (χ2n) is 8.99. The molecule has 190 valence electrons. The van der Waals surface area contributed by atoms with Crippen molar-refractivity contribution in [2.75, 3.05) is 18.5 Å². The van der Waals surface area contributed by atoms with Gasteiger partial charge in [0.15, 0.2) is 11.1 Å². The number of hydrogen-bond donors (Lipinski definition) is 1. The average Bonchev–Trinajstić information content (AvgIpc) is 3.14. The van der Waals surface area contributed by atoms with Crippen molar-refractivity contribution in [3.05, 3.63) is 46.1 Å². The monoisotopic (exact) mass is 483 g/mol. The molecule has 0 amide bonds. The first-order valence-electron chi connectivity index (χ1n) is 12.4. The zero-order chi connectivity index (χ0) is 25.6. The third-order valence-electron chi connectivity index (χ3n) is 5.78. The minimum Gasteiger partial charge on any atom is -0.476 e. The molecule has 3 rings (SSSR count). The average molecular weight is 484 g/mol. The first-order valence-corrected chi connectivity index (χ1v) is 12.4.